The van der Waals surface area contributed by atoms with Crippen LogP contribution in [0.15, 0.2) is 54.9 Å². The molecule has 0 radical (unpaired) electrons. The highest BCUT2D eigenvalue weighted by molar-refractivity contribution is 5.55. The Morgan fingerprint density at radius 3 is 2.64 bits per heavy atom. The summed E-state index contributed by atoms with van der Waals surface area (Å²) in [7, 11) is 1.93. The van der Waals surface area contributed by atoms with Crippen LogP contribution in [-0.4, -0.2) is 29.8 Å². The van der Waals surface area contributed by atoms with Crippen molar-refractivity contribution in [2.45, 2.75) is 20.1 Å². The number of imidazole rings is 1. The number of aryl methyl sites for hydroxylation is 2. The van der Waals surface area contributed by atoms with E-state index in [1.807, 2.05) is 42.1 Å². The van der Waals surface area contributed by atoms with E-state index in [1.54, 1.807) is 25.3 Å². The third-order valence-corrected chi connectivity index (χ3v) is 4.41. The van der Waals surface area contributed by atoms with E-state index in [2.05, 4.69) is 20.4 Å². The standard InChI is InChI=1S/C20H19FN6O/c1-14-11-16(5-8-18(14)21)20-23-25-27(24-20)12-15-3-6-17(7-4-15)28-13-19-22-9-10-26(19)2/h3-11H,12-13H2,1-2H3. The lowest BCUT2D eigenvalue weighted by Gasteiger charge is -2.07. The van der Waals surface area contributed by atoms with Gasteiger partial charge in [0.2, 0.25) is 5.82 Å². The molecule has 0 saturated carbocycles. The van der Waals surface area contributed by atoms with Gasteiger partial charge in [-0.1, -0.05) is 12.1 Å². The molecule has 4 aromatic rings. The number of tetrazole rings is 1. The number of aromatic nitrogens is 6. The molecule has 4 rings (SSSR count). The van der Waals surface area contributed by atoms with Gasteiger partial charge in [0.15, 0.2) is 0 Å². The Labute approximate surface area is 161 Å². The van der Waals surface area contributed by atoms with E-state index in [4.69, 9.17) is 4.74 Å². The van der Waals surface area contributed by atoms with Gasteiger partial charge in [0.05, 0.1) is 6.54 Å². The molecule has 142 valence electrons. The summed E-state index contributed by atoms with van der Waals surface area (Å²) in [6.45, 7) is 2.60. The first-order valence-corrected chi connectivity index (χ1v) is 8.81. The van der Waals surface area contributed by atoms with Crippen LogP contribution >= 0.6 is 0 Å². The second kappa shape index (κ2) is 7.59. The number of hydrogen-bond donors (Lipinski definition) is 0. The summed E-state index contributed by atoms with van der Waals surface area (Å²) in [6, 6.07) is 12.5. The molecular formula is C20H19FN6O. The Balaban J connectivity index is 1.40. The SMILES string of the molecule is Cc1cc(-c2nnn(Cc3ccc(OCc4nccn4C)cc3)n2)ccc1F. The van der Waals surface area contributed by atoms with E-state index in [0.29, 0.717) is 24.5 Å². The van der Waals surface area contributed by atoms with Crippen LogP contribution in [0.3, 0.4) is 0 Å². The summed E-state index contributed by atoms with van der Waals surface area (Å²) in [5, 5.41) is 12.5. The van der Waals surface area contributed by atoms with Crippen molar-refractivity contribution in [3.8, 4) is 17.1 Å². The second-order valence-corrected chi connectivity index (χ2v) is 6.49. The van der Waals surface area contributed by atoms with E-state index in [9.17, 15) is 4.39 Å². The lowest BCUT2D eigenvalue weighted by Crippen LogP contribution is -2.05. The van der Waals surface area contributed by atoms with Gasteiger partial charge in [-0.05, 0) is 53.6 Å². The molecule has 0 unspecified atom stereocenters. The highest BCUT2D eigenvalue weighted by atomic mass is 19.1. The largest absolute Gasteiger partial charge is 0.486 e. The highest BCUT2D eigenvalue weighted by Crippen LogP contribution is 2.18. The van der Waals surface area contributed by atoms with Crippen molar-refractivity contribution in [1.29, 1.82) is 0 Å². The van der Waals surface area contributed by atoms with Crippen LogP contribution in [0, 0.1) is 12.7 Å². The summed E-state index contributed by atoms with van der Waals surface area (Å²) in [5.74, 6) is 1.85. The summed E-state index contributed by atoms with van der Waals surface area (Å²) in [4.78, 5) is 5.74. The maximum Gasteiger partial charge on any atom is 0.204 e. The van der Waals surface area contributed by atoms with Crippen LogP contribution in [0.5, 0.6) is 5.75 Å². The minimum absolute atomic E-state index is 0.249. The van der Waals surface area contributed by atoms with Gasteiger partial charge in [-0.3, -0.25) is 0 Å². The number of ether oxygens (including phenoxy) is 1. The third-order valence-electron chi connectivity index (χ3n) is 4.41. The average Bonchev–Trinajstić information content (AvgIpc) is 3.32. The quantitative estimate of drug-likeness (QED) is 0.515. The maximum absolute atomic E-state index is 13.4. The van der Waals surface area contributed by atoms with Gasteiger partial charge in [-0.25, -0.2) is 9.37 Å². The first-order chi connectivity index (χ1) is 13.6. The van der Waals surface area contributed by atoms with Gasteiger partial charge in [0.1, 0.15) is 24.0 Å². The van der Waals surface area contributed by atoms with Crippen LogP contribution in [0.2, 0.25) is 0 Å². The molecule has 0 spiro atoms. The molecule has 0 atom stereocenters. The van der Waals surface area contributed by atoms with Gasteiger partial charge >= 0.3 is 0 Å². The Bertz CT molecular complexity index is 1090. The summed E-state index contributed by atoms with van der Waals surface area (Å²) in [6.07, 6.45) is 3.63. The van der Waals surface area contributed by atoms with Crippen molar-refractivity contribution in [2.75, 3.05) is 0 Å². The number of rotatable bonds is 6. The third kappa shape index (κ3) is 3.90. The smallest absolute Gasteiger partial charge is 0.204 e. The topological polar surface area (TPSA) is 70.7 Å². The lowest BCUT2D eigenvalue weighted by atomic mass is 10.1. The molecule has 0 aliphatic carbocycles. The first-order valence-electron chi connectivity index (χ1n) is 8.81. The number of nitrogens with zero attached hydrogens (tertiary/aromatic N) is 6. The van der Waals surface area contributed by atoms with Crippen LogP contribution in [0.4, 0.5) is 4.39 Å². The van der Waals surface area contributed by atoms with E-state index < -0.39 is 0 Å². The molecular weight excluding hydrogens is 359 g/mol. The van der Waals surface area contributed by atoms with E-state index >= 15 is 0 Å². The fourth-order valence-corrected chi connectivity index (χ4v) is 2.75. The molecule has 0 saturated heterocycles. The number of halogens is 1. The zero-order valence-electron chi connectivity index (χ0n) is 15.6. The van der Waals surface area contributed by atoms with Crippen molar-refractivity contribution >= 4 is 0 Å². The monoisotopic (exact) mass is 378 g/mol. The number of hydrogen-bond acceptors (Lipinski definition) is 5. The predicted molar refractivity (Wildman–Crippen MR) is 101 cm³/mol. The fraction of sp³-hybridized carbons (Fsp3) is 0.200. The zero-order chi connectivity index (χ0) is 19.5. The van der Waals surface area contributed by atoms with E-state index in [-0.39, 0.29) is 5.82 Å². The minimum atomic E-state index is -0.249. The minimum Gasteiger partial charge on any atom is -0.486 e. The molecule has 0 N–H and O–H groups in total. The Kier molecular flexibility index (Phi) is 4.84. The molecule has 0 aliphatic heterocycles. The van der Waals surface area contributed by atoms with E-state index in [1.165, 1.54) is 10.9 Å². The molecule has 0 bridgehead atoms. The van der Waals surface area contributed by atoms with Gasteiger partial charge in [-0.2, -0.15) is 4.80 Å². The Hall–Kier alpha value is -3.55. The van der Waals surface area contributed by atoms with Gasteiger partial charge in [0.25, 0.3) is 0 Å². The molecule has 28 heavy (non-hydrogen) atoms. The molecule has 8 heteroatoms. The fourth-order valence-electron chi connectivity index (χ4n) is 2.75. The van der Waals surface area contributed by atoms with Crippen molar-refractivity contribution < 1.29 is 9.13 Å². The molecule has 7 nitrogen and oxygen atoms in total. The maximum atomic E-state index is 13.4. The molecule has 0 amide bonds. The Morgan fingerprint density at radius 2 is 1.93 bits per heavy atom. The molecule has 2 heterocycles. The van der Waals surface area contributed by atoms with Crippen molar-refractivity contribution in [1.82, 2.24) is 29.8 Å². The van der Waals surface area contributed by atoms with Gasteiger partial charge in [0, 0.05) is 25.0 Å². The highest BCUT2D eigenvalue weighted by Gasteiger charge is 2.09. The lowest BCUT2D eigenvalue weighted by molar-refractivity contribution is 0.291. The molecule has 2 aromatic carbocycles. The van der Waals surface area contributed by atoms with Crippen LogP contribution in [-0.2, 0) is 20.2 Å². The summed E-state index contributed by atoms with van der Waals surface area (Å²) < 4.78 is 21.1. The molecule has 0 fully saturated rings. The average molecular weight is 378 g/mol. The predicted octanol–water partition coefficient (Wildman–Crippen LogP) is 3.15. The van der Waals surface area contributed by atoms with Gasteiger partial charge < -0.3 is 9.30 Å². The zero-order valence-corrected chi connectivity index (χ0v) is 15.6. The van der Waals surface area contributed by atoms with Crippen LogP contribution < -0.4 is 4.74 Å². The van der Waals surface area contributed by atoms with Gasteiger partial charge in [-0.15, -0.1) is 10.2 Å². The molecule has 2 aromatic heterocycles. The summed E-state index contributed by atoms with van der Waals surface area (Å²) >= 11 is 0. The first kappa shape index (κ1) is 17.8. The van der Waals surface area contributed by atoms with Crippen LogP contribution in [0.1, 0.15) is 17.0 Å². The molecule has 0 aliphatic rings. The normalized spacial score (nSPS) is 11.0. The van der Waals surface area contributed by atoms with Crippen molar-refractivity contribution in [3.05, 3.63) is 77.6 Å². The number of benzene rings is 2. The van der Waals surface area contributed by atoms with Crippen LogP contribution in [0.25, 0.3) is 11.4 Å². The second-order valence-electron chi connectivity index (χ2n) is 6.49. The Morgan fingerprint density at radius 1 is 1.11 bits per heavy atom. The van der Waals surface area contributed by atoms with Crippen molar-refractivity contribution in [3.63, 3.8) is 0 Å². The summed E-state index contributed by atoms with van der Waals surface area (Å²) in [5.41, 5.74) is 2.31. The van der Waals surface area contributed by atoms with Crippen molar-refractivity contribution in [2.24, 2.45) is 7.05 Å². The van der Waals surface area contributed by atoms with E-state index in [0.717, 1.165) is 22.7 Å².